The van der Waals surface area contributed by atoms with Crippen molar-refractivity contribution in [2.24, 2.45) is 0 Å². The van der Waals surface area contributed by atoms with Crippen LogP contribution in [0.25, 0.3) is 11.6 Å². The summed E-state index contributed by atoms with van der Waals surface area (Å²) in [6.07, 6.45) is 7.37. The van der Waals surface area contributed by atoms with Crippen LogP contribution in [0.1, 0.15) is 46.4 Å². The lowest BCUT2D eigenvalue weighted by Gasteiger charge is -2.27. The van der Waals surface area contributed by atoms with Crippen LogP contribution in [-0.4, -0.2) is 40.1 Å². The van der Waals surface area contributed by atoms with E-state index >= 15 is 0 Å². The van der Waals surface area contributed by atoms with E-state index in [4.69, 9.17) is 4.42 Å². The first-order valence-corrected chi connectivity index (χ1v) is 11.9. The van der Waals surface area contributed by atoms with Crippen molar-refractivity contribution in [3.63, 3.8) is 0 Å². The molecular formula is C24H28N4O2S. The molecule has 0 radical (unpaired) electrons. The highest BCUT2D eigenvalue weighted by Crippen LogP contribution is 2.25. The number of piperidine rings is 1. The number of furan rings is 1. The zero-order valence-corrected chi connectivity index (χ0v) is 18.9. The number of amides is 1. The van der Waals surface area contributed by atoms with Crippen LogP contribution in [0, 0.1) is 6.92 Å². The maximum atomic E-state index is 13.1. The molecule has 0 aliphatic carbocycles. The first-order valence-electron chi connectivity index (χ1n) is 10.7. The van der Waals surface area contributed by atoms with Gasteiger partial charge >= 0.3 is 0 Å². The van der Waals surface area contributed by atoms with Gasteiger partial charge in [0.2, 0.25) is 0 Å². The summed E-state index contributed by atoms with van der Waals surface area (Å²) in [6, 6.07) is 12.0. The molecule has 0 bridgehead atoms. The van der Waals surface area contributed by atoms with Gasteiger partial charge in [-0.15, -0.1) is 11.8 Å². The second-order valence-electron chi connectivity index (χ2n) is 7.78. The van der Waals surface area contributed by atoms with E-state index < -0.39 is 0 Å². The Balaban J connectivity index is 1.49. The standard InChI is InChI=1S/C24H28N4O2S/c1-17-21(24(31-2)27-22(26-17)20-11-8-14-30-20)23(29)25-15-18-9-4-5-10-19(18)16-28-12-6-3-7-13-28/h4-5,8-11,14H,3,6-7,12-13,15-16H2,1-2H3,(H,25,29). The molecule has 1 aliphatic rings. The molecule has 1 saturated heterocycles. The van der Waals surface area contributed by atoms with E-state index in [1.807, 2.05) is 25.3 Å². The molecule has 3 heterocycles. The highest BCUT2D eigenvalue weighted by Gasteiger charge is 2.20. The first kappa shape index (κ1) is 21.6. The van der Waals surface area contributed by atoms with Crippen molar-refractivity contribution in [3.8, 4) is 11.6 Å². The van der Waals surface area contributed by atoms with E-state index in [2.05, 4.69) is 38.4 Å². The lowest BCUT2D eigenvalue weighted by Crippen LogP contribution is -2.30. The van der Waals surface area contributed by atoms with E-state index in [-0.39, 0.29) is 5.91 Å². The topological polar surface area (TPSA) is 71.3 Å². The molecule has 31 heavy (non-hydrogen) atoms. The van der Waals surface area contributed by atoms with Crippen molar-refractivity contribution in [1.29, 1.82) is 0 Å². The quantitative estimate of drug-likeness (QED) is 0.428. The molecule has 7 heteroatoms. The third kappa shape index (κ3) is 5.17. The molecule has 6 nitrogen and oxygen atoms in total. The van der Waals surface area contributed by atoms with Gasteiger partial charge < -0.3 is 9.73 Å². The van der Waals surface area contributed by atoms with Crippen LogP contribution in [0.4, 0.5) is 0 Å². The number of carbonyl (C=O) groups is 1. The number of benzene rings is 1. The molecule has 1 N–H and O–H groups in total. The summed E-state index contributed by atoms with van der Waals surface area (Å²) in [6.45, 7) is 5.55. The maximum absolute atomic E-state index is 13.1. The molecule has 1 aliphatic heterocycles. The van der Waals surface area contributed by atoms with Crippen LogP contribution >= 0.6 is 11.8 Å². The predicted molar refractivity (Wildman–Crippen MR) is 123 cm³/mol. The van der Waals surface area contributed by atoms with Crippen LogP contribution < -0.4 is 5.32 Å². The Bertz CT molecular complexity index is 1030. The average molecular weight is 437 g/mol. The van der Waals surface area contributed by atoms with Crippen LogP contribution in [-0.2, 0) is 13.1 Å². The zero-order chi connectivity index (χ0) is 21.6. The third-order valence-corrected chi connectivity index (χ3v) is 6.30. The average Bonchev–Trinajstić information content (AvgIpc) is 3.33. The fourth-order valence-corrected chi connectivity index (χ4v) is 4.60. The van der Waals surface area contributed by atoms with Gasteiger partial charge in [0.05, 0.1) is 17.5 Å². The predicted octanol–water partition coefficient (Wildman–Crippen LogP) is 4.68. The molecule has 0 atom stereocenters. The van der Waals surface area contributed by atoms with Gasteiger partial charge in [0, 0.05) is 13.1 Å². The minimum absolute atomic E-state index is 0.152. The van der Waals surface area contributed by atoms with Crippen molar-refractivity contribution in [3.05, 3.63) is 65.0 Å². The van der Waals surface area contributed by atoms with E-state index in [0.29, 0.717) is 34.4 Å². The number of rotatable bonds is 7. The molecular weight excluding hydrogens is 408 g/mol. The lowest BCUT2D eigenvalue weighted by molar-refractivity contribution is 0.0946. The van der Waals surface area contributed by atoms with E-state index in [0.717, 1.165) is 25.2 Å². The Morgan fingerprint density at radius 3 is 2.58 bits per heavy atom. The number of nitrogens with zero attached hydrogens (tertiary/aromatic N) is 3. The fraction of sp³-hybridized carbons (Fsp3) is 0.375. The van der Waals surface area contributed by atoms with Crippen molar-refractivity contribution in [2.75, 3.05) is 19.3 Å². The Morgan fingerprint density at radius 2 is 1.87 bits per heavy atom. The highest BCUT2D eigenvalue weighted by molar-refractivity contribution is 7.98. The largest absolute Gasteiger partial charge is 0.461 e. The van der Waals surface area contributed by atoms with E-state index in [9.17, 15) is 4.79 Å². The van der Waals surface area contributed by atoms with Gasteiger partial charge in [-0.25, -0.2) is 9.97 Å². The number of aromatic nitrogens is 2. The van der Waals surface area contributed by atoms with Gasteiger partial charge in [0.25, 0.3) is 5.91 Å². The summed E-state index contributed by atoms with van der Waals surface area (Å²) < 4.78 is 5.42. The summed E-state index contributed by atoms with van der Waals surface area (Å²) in [4.78, 5) is 24.6. The van der Waals surface area contributed by atoms with Gasteiger partial charge in [-0.3, -0.25) is 9.69 Å². The maximum Gasteiger partial charge on any atom is 0.256 e. The molecule has 1 fully saturated rings. The van der Waals surface area contributed by atoms with Gasteiger partial charge in [-0.05, 0) is 62.4 Å². The molecule has 0 saturated carbocycles. The molecule has 4 rings (SSSR count). The van der Waals surface area contributed by atoms with Gasteiger partial charge in [0.1, 0.15) is 5.03 Å². The summed E-state index contributed by atoms with van der Waals surface area (Å²) in [5.41, 5.74) is 3.59. The Kier molecular flexibility index (Phi) is 7.04. The molecule has 0 spiro atoms. The molecule has 0 unspecified atom stereocenters. The Morgan fingerprint density at radius 1 is 1.10 bits per heavy atom. The molecule has 3 aromatic rings. The van der Waals surface area contributed by atoms with Crippen LogP contribution in [0.3, 0.4) is 0 Å². The summed E-state index contributed by atoms with van der Waals surface area (Å²) in [7, 11) is 0. The summed E-state index contributed by atoms with van der Waals surface area (Å²) in [5.74, 6) is 0.938. The molecule has 1 amide bonds. The number of hydrogen-bond donors (Lipinski definition) is 1. The monoisotopic (exact) mass is 436 g/mol. The number of likely N-dealkylation sites (tertiary alicyclic amines) is 1. The van der Waals surface area contributed by atoms with Gasteiger partial charge in [-0.2, -0.15) is 0 Å². The zero-order valence-electron chi connectivity index (χ0n) is 18.1. The second kappa shape index (κ2) is 10.1. The number of aryl methyl sites for hydroxylation is 1. The minimum atomic E-state index is -0.152. The van der Waals surface area contributed by atoms with E-state index in [1.165, 1.54) is 36.6 Å². The summed E-state index contributed by atoms with van der Waals surface area (Å²) >= 11 is 1.44. The van der Waals surface area contributed by atoms with Crippen molar-refractivity contribution in [2.45, 2.75) is 44.3 Å². The SMILES string of the molecule is CSc1nc(-c2ccco2)nc(C)c1C(=O)NCc1ccccc1CN1CCCCC1. The molecule has 162 valence electrons. The van der Waals surface area contributed by atoms with Crippen LogP contribution in [0.15, 0.2) is 52.1 Å². The van der Waals surface area contributed by atoms with Crippen molar-refractivity contribution in [1.82, 2.24) is 20.2 Å². The van der Waals surface area contributed by atoms with E-state index in [1.54, 1.807) is 12.3 Å². The number of nitrogens with one attached hydrogen (secondary N) is 1. The third-order valence-electron chi connectivity index (χ3n) is 5.62. The molecule has 2 aromatic heterocycles. The highest BCUT2D eigenvalue weighted by atomic mass is 32.2. The van der Waals surface area contributed by atoms with Gasteiger partial charge in [-0.1, -0.05) is 30.7 Å². The van der Waals surface area contributed by atoms with Crippen molar-refractivity contribution < 1.29 is 9.21 Å². The normalized spacial score (nSPS) is 14.5. The number of hydrogen-bond acceptors (Lipinski definition) is 6. The molecule has 1 aromatic carbocycles. The Hall–Kier alpha value is -2.64. The Labute approximate surface area is 187 Å². The first-order chi connectivity index (χ1) is 15.2. The van der Waals surface area contributed by atoms with Gasteiger partial charge in [0.15, 0.2) is 11.6 Å². The lowest BCUT2D eigenvalue weighted by atomic mass is 10.0. The number of carbonyl (C=O) groups excluding carboxylic acids is 1. The minimum Gasteiger partial charge on any atom is -0.461 e. The van der Waals surface area contributed by atoms with Crippen molar-refractivity contribution >= 4 is 17.7 Å². The smallest absolute Gasteiger partial charge is 0.256 e. The van der Waals surface area contributed by atoms with Crippen LogP contribution in [0.2, 0.25) is 0 Å². The number of thioether (sulfide) groups is 1. The second-order valence-corrected chi connectivity index (χ2v) is 8.58. The fourth-order valence-electron chi connectivity index (χ4n) is 3.98. The summed E-state index contributed by atoms with van der Waals surface area (Å²) in [5, 5.41) is 3.74. The van der Waals surface area contributed by atoms with Crippen LogP contribution in [0.5, 0.6) is 0 Å².